The molecule has 24 heavy (non-hydrogen) atoms. The summed E-state index contributed by atoms with van der Waals surface area (Å²) in [5, 5.41) is 6.49. The van der Waals surface area contributed by atoms with Gasteiger partial charge in [0.25, 0.3) is 5.91 Å². The molecule has 2 rings (SSSR count). The fraction of sp³-hybridized carbons (Fsp3) is 0.647. The Morgan fingerprint density at radius 2 is 2.12 bits per heavy atom. The predicted molar refractivity (Wildman–Crippen MR) is 105 cm³/mol. The molecule has 0 radical (unpaired) electrons. The molecule has 0 spiro atoms. The van der Waals surface area contributed by atoms with E-state index in [9.17, 15) is 4.79 Å². The predicted octanol–water partition coefficient (Wildman–Crippen LogP) is 2.89. The Bertz CT molecular complexity index is 484. The molecule has 0 aromatic carbocycles. The van der Waals surface area contributed by atoms with Crippen LogP contribution in [0.1, 0.15) is 44.0 Å². The van der Waals surface area contributed by atoms with Crippen LogP contribution in [-0.4, -0.2) is 43.1 Å². The van der Waals surface area contributed by atoms with Crippen molar-refractivity contribution in [1.29, 1.82) is 0 Å². The van der Waals surface area contributed by atoms with Gasteiger partial charge in [-0.15, -0.1) is 24.8 Å². The number of aromatic nitrogens is 1. The number of nitrogens with one attached hydrogen (secondary N) is 2. The molecule has 1 amide bonds. The average molecular weight is 377 g/mol. The number of hydrogen-bond donors (Lipinski definition) is 2. The summed E-state index contributed by atoms with van der Waals surface area (Å²) in [6.45, 7) is 10.3. The van der Waals surface area contributed by atoms with Crippen LogP contribution < -0.4 is 15.5 Å². The highest BCUT2D eigenvalue weighted by molar-refractivity contribution is 5.94. The van der Waals surface area contributed by atoms with Crippen LogP contribution in [0.25, 0.3) is 0 Å². The molecule has 7 heteroatoms. The van der Waals surface area contributed by atoms with Crippen LogP contribution in [0.15, 0.2) is 18.3 Å². The fourth-order valence-electron chi connectivity index (χ4n) is 2.89. The van der Waals surface area contributed by atoms with E-state index in [4.69, 9.17) is 0 Å². The minimum absolute atomic E-state index is 0. The van der Waals surface area contributed by atoms with Crippen LogP contribution in [0.4, 0.5) is 5.82 Å². The quantitative estimate of drug-likeness (QED) is 0.801. The number of halogens is 2. The average Bonchev–Trinajstić information content (AvgIpc) is 2.55. The normalized spacial score (nSPS) is 19.6. The molecule has 2 heterocycles. The number of pyridine rings is 1. The maximum atomic E-state index is 12.3. The number of piperidine rings is 1. The molecule has 1 aliphatic rings. The van der Waals surface area contributed by atoms with Crippen LogP contribution in [0, 0.1) is 5.92 Å². The van der Waals surface area contributed by atoms with Crippen molar-refractivity contribution < 1.29 is 4.79 Å². The van der Waals surface area contributed by atoms with E-state index in [1.54, 1.807) is 6.20 Å². The molecule has 1 aliphatic heterocycles. The summed E-state index contributed by atoms with van der Waals surface area (Å²) < 4.78 is 0. The zero-order valence-electron chi connectivity index (χ0n) is 14.7. The molecule has 138 valence electrons. The molecule has 5 nitrogen and oxygen atoms in total. The minimum atomic E-state index is -0.0173. The maximum absolute atomic E-state index is 12.3. The van der Waals surface area contributed by atoms with Gasteiger partial charge in [-0.05, 0) is 50.9 Å². The van der Waals surface area contributed by atoms with Gasteiger partial charge in [-0.25, -0.2) is 4.98 Å². The molecule has 0 bridgehead atoms. The standard InChI is InChI=1S/C17H28N4O.2ClH/c1-4-10-21(5-2)16-7-6-14(12-19-16)17(22)20-15-8-9-18-11-13(15)3;;/h6-7,12-13,15,18H,4-5,8-11H2,1-3H3,(H,20,22);2*1H. The molecule has 1 saturated heterocycles. The van der Waals surface area contributed by atoms with E-state index in [0.29, 0.717) is 11.5 Å². The molecule has 2 unspecified atom stereocenters. The summed E-state index contributed by atoms with van der Waals surface area (Å²) in [4.78, 5) is 19.0. The van der Waals surface area contributed by atoms with Crippen LogP contribution in [0.3, 0.4) is 0 Å². The van der Waals surface area contributed by atoms with Gasteiger partial charge in [-0.3, -0.25) is 4.79 Å². The van der Waals surface area contributed by atoms with Gasteiger partial charge in [0, 0.05) is 25.3 Å². The van der Waals surface area contributed by atoms with Crippen molar-refractivity contribution in [2.24, 2.45) is 5.92 Å². The molecule has 1 fully saturated rings. The van der Waals surface area contributed by atoms with Gasteiger partial charge in [0.15, 0.2) is 0 Å². The number of carbonyl (C=O) groups excluding carboxylic acids is 1. The van der Waals surface area contributed by atoms with E-state index in [2.05, 4.69) is 41.3 Å². The van der Waals surface area contributed by atoms with Crippen molar-refractivity contribution in [2.75, 3.05) is 31.1 Å². The third-order valence-corrected chi connectivity index (χ3v) is 4.31. The zero-order valence-corrected chi connectivity index (χ0v) is 16.4. The third-order valence-electron chi connectivity index (χ3n) is 4.31. The first-order valence-corrected chi connectivity index (χ1v) is 8.38. The Hall–Kier alpha value is -1.04. The van der Waals surface area contributed by atoms with Crippen molar-refractivity contribution in [2.45, 2.75) is 39.7 Å². The summed E-state index contributed by atoms with van der Waals surface area (Å²) >= 11 is 0. The zero-order chi connectivity index (χ0) is 15.9. The first kappa shape index (κ1) is 23.0. The Morgan fingerprint density at radius 3 is 2.67 bits per heavy atom. The summed E-state index contributed by atoms with van der Waals surface area (Å²) in [5.41, 5.74) is 0.641. The number of hydrogen-bond acceptors (Lipinski definition) is 4. The van der Waals surface area contributed by atoms with Gasteiger partial charge in [0.1, 0.15) is 5.82 Å². The van der Waals surface area contributed by atoms with Gasteiger partial charge in [0.05, 0.1) is 5.56 Å². The van der Waals surface area contributed by atoms with Crippen LogP contribution in [0.2, 0.25) is 0 Å². The molecule has 2 N–H and O–H groups in total. The lowest BCUT2D eigenvalue weighted by molar-refractivity contribution is 0.0914. The maximum Gasteiger partial charge on any atom is 0.253 e. The topological polar surface area (TPSA) is 57.3 Å². The second-order valence-corrected chi connectivity index (χ2v) is 6.03. The smallest absolute Gasteiger partial charge is 0.253 e. The summed E-state index contributed by atoms with van der Waals surface area (Å²) in [6.07, 6.45) is 3.76. The Morgan fingerprint density at radius 1 is 1.38 bits per heavy atom. The van der Waals surface area contributed by atoms with E-state index in [1.807, 2.05) is 12.1 Å². The number of amides is 1. The molecule has 1 aromatic rings. The lowest BCUT2D eigenvalue weighted by atomic mass is 9.95. The van der Waals surface area contributed by atoms with Crippen molar-refractivity contribution in [3.05, 3.63) is 23.9 Å². The Labute approximate surface area is 157 Å². The van der Waals surface area contributed by atoms with Crippen molar-refractivity contribution in [3.8, 4) is 0 Å². The van der Waals surface area contributed by atoms with Crippen LogP contribution in [-0.2, 0) is 0 Å². The van der Waals surface area contributed by atoms with E-state index in [0.717, 1.165) is 44.8 Å². The summed E-state index contributed by atoms with van der Waals surface area (Å²) in [5.74, 6) is 1.39. The molecular weight excluding hydrogens is 347 g/mol. The SMILES string of the molecule is CCCN(CC)c1ccc(C(=O)NC2CCNCC2C)cn1.Cl.Cl. The second kappa shape index (κ2) is 11.5. The van der Waals surface area contributed by atoms with Crippen LogP contribution >= 0.6 is 24.8 Å². The molecule has 0 aliphatic carbocycles. The highest BCUT2D eigenvalue weighted by Gasteiger charge is 2.23. The van der Waals surface area contributed by atoms with E-state index in [1.165, 1.54) is 0 Å². The number of rotatable bonds is 6. The van der Waals surface area contributed by atoms with Gasteiger partial charge in [0.2, 0.25) is 0 Å². The fourth-order valence-corrected chi connectivity index (χ4v) is 2.89. The lowest BCUT2D eigenvalue weighted by Gasteiger charge is -2.30. The lowest BCUT2D eigenvalue weighted by Crippen LogP contribution is -2.48. The summed E-state index contributed by atoms with van der Waals surface area (Å²) in [7, 11) is 0. The first-order valence-electron chi connectivity index (χ1n) is 8.38. The van der Waals surface area contributed by atoms with E-state index in [-0.39, 0.29) is 36.8 Å². The van der Waals surface area contributed by atoms with E-state index < -0.39 is 0 Å². The van der Waals surface area contributed by atoms with Gasteiger partial charge in [-0.1, -0.05) is 13.8 Å². The summed E-state index contributed by atoms with van der Waals surface area (Å²) in [6, 6.07) is 4.07. The highest BCUT2D eigenvalue weighted by atomic mass is 35.5. The number of carbonyl (C=O) groups is 1. The first-order chi connectivity index (χ1) is 10.7. The van der Waals surface area contributed by atoms with E-state index >= 15 is 0 Å². The van der Waals surface area contributed by atoms with Gasteiger partial charge >= 0.3 is 0 Å². The third kappa shape index (κ3) is 6.11. The monoisotopic (exact) mass is 376 g/mol. The van der Waals surface area contributed by atoms with Crippen molar-refractivity contribution in [1.82, 2.24) is 15.6 Å². The molecule has 1 aromatic heterocycles. The largest absolute Gasteiger partial charge is 0.357 e. The Kier molecular flexibility index (Phi) is 11.0. The van der Waals surface area contributed by atoms with Crippen LogP contribution in [0.5, 0.6) is 0 Å². The minimum Gasteiger partial charge on any atom is -0.357 e. The highest BCUT2D eigenvalue weighted by Crippen LogP contribution is 2.14. The molecule has 0 saturated carbocycles. The number of anilines is 1. The molecular formula is C17H30Cl2N4O. The molecule has 2 atom stereocenters. The number of nitrogens with zero attached hydrogens (tertiary/aromatic N) is 2. The Balaban J connectivity index is 0.00000264. The second-order valence-electron chi connectivity index (χ2n) is 6.03. The van der Waals surface area contributed by atoms with Crippen molar-refractivity contribution in [3.63, 3.8) is 0 Å². The van der Waals surface area contributed by atoms with Gasteiger partial charge in [-0.2, -0.15) is 0 Å². The van der Waals surface area contributed by atoms with Gasteiger partial charge < -0.3 is 15.5 Å². The van der Waals surface area contributed by atoms with Crippen molar-refractivity contribution >= 4 is 36.5 Å².